The Balaban J connectivity index is 0.000000129. The molecule has 6 heterocycles. The van der Waals surface area contributed by atoms with Crippen LogP contribution in [0.15, 0.2) is 279 Å². The molecule has 3 unspecified atom stereocenters. The van der Waals surface area contributed by atoms with Gasteiger partial charge in [-0.25, -0.2) is 15.0 Å². The van der Waals surface area contributed by atoms with E-state index < -0.39 is 12.1 Å². The lowest BCUT2D eigenvalue weighted by atomic mass is 9.95. The molecule has 3 atom stereocenters. The first-order chi connectivity index (χ1) is 46.7. The van der Waals surface area contributed by atoms with Crippen LogP contribution in [-0.4, -0.2) is 50.3 Å². The summed E-state index contributed by atoms with van der Waals surface area (Å²) >= 11 is 3.04. The van der Waals surface area contributed by atoms with Gasteiger partial charge in [0, 0.05) is 79.8 Å². The number of phenols is 4. The fourth-order valence-electron chi connectivity index (χ4n) is 11.2. The number of pyridine rings is 4. The third-order valence-electron chi connectivity index (χ3n) is 15.9. The number of aryl methyl sites for hydroxylation is 1. The third kappa shape index (κ3) is 14.6. The van der Waals surface area contributed by atoms with Crippen LogP contribution in [0, 0.1) is 6.92 Å². The molecule has 15 aromatic rings. The summed E-state index contributed by atoms with van der Waals surface area (Å²) in [6.45, 7) is 2.88. The average Bonchev–Trinajstić information content (AvgIpc) is 1.46. The summed E-state index contributed by atoms with van der Waals surface area (Å²) in [6, 6.07) is 78.5. The number of ether oxygens (including phenoxy) is 2. The van der Waals surface area contributed by atoms with Crippen molar-refractivity contribution < 1.29 is 29.9 Å². The summed E-state index contributed by atoms with van der Waals surface area (Å²) in [5.41, 5.74) is 10.2. The topological polar surface area (TPSA) is 213 Å². The number of benzene rings is 9. The van der Waals surface area contributed by atoms with E-state index in [-0.39, 0.29) is 29.0 Å². The lowest BCUT2D eigenvalue weighted by Crippen LogP contribution is -2.15. The van der Waals surface area contributed by atoms with Crippen molar-refractivity contribution in [2.24, 2.45) is 0 Å². The number of nitrogens with one attached hydrogen (secondary N) is 3. The smallest absolute Gasteiger partial charge is 0.184 e. The van der Waals surface area contributed by atoms with Gasteiger partial charge in [-0.15, -0.1) is 11.3 Å². The molecule has 95 heavy (non-hydrogen) atoms. The van der Waals surface area contributed by atoms with Crippen LogP contribution in [0.5, 0.6) is 34.5 Å². The summed E-state index contributed by atoms with van der Waals surface area (Å²) in [5.74, 6) is 2.74. The molecule has 0 bridgehead atoms. The maximum atomic E-state index is 11.2. The predicted molar refractivity (Wildman–Crippen MR) is 380 cm³/mol. The number of anilines is 3. The van der Waals surface area contributed by atoms with Gasteiger partial charge in [-0.2, -0.15) is 0 Å². The Kier molecular flexibility index (Phi) is 19.0. The van der Waals surface area contributed by atoms with Crippen LogP contribution < -0.4 is 25.4 Å². The van der Waals surface area contributed by atoms with Gasteiger partial charge in [0.25, 0.3) is 0 Å². The number of aromatic hydroxyl groups is 4. The number of para-hydroxylation sites is 3. The molecule has 0 amide bonds. The molecule has 7 N–H and O–H groups in total. The standard InChI is InChI=1S/C29H25N3O2.C26H21N3O2S.C23H17N3O2S/c1-20-9-7-15-26(31-20)32-28(24-17-16-22-12-8-18-30-27(22)29(24)33)23-13-5-6-14-25(23)34-19-21-10-3-2-4-11-21;30-25-22(12-11-19-9-5-13-27-24(19)25)23(29-26-28-14-15-32-26)20-8-4-10-21(16-20)31-17-18-6-2-1-3-7-18;27-18-9-3-1-7-15(18)21(26-23-25-17-8-2-4-10-19(17)29-23)16-12-11-14-6-5-13-24-20(14)22(16)28/h2-18,28,33H,19H2,1H3,(H,31,32);1-16,23,30H,17H2,(H,28,29);1-13,21,27-28H,(H,25,26). The van der Waals surface area contributed by atoms with E-state index in [1.165, 1.54) is 22.7 Å². The van der Waals surface area contributed by atoms with E-state index in [4.69, 9.17) is 9.47 Å². The van der Waals surface area contributed by atoms with Gasteiger partial charge < -0.3 is 45.9 Å². The molecule has 0 aliphatic rings. The van der Waals surface area contributed by atoms with Crippen molar-refractivity contribution >= 4 is 81.7 Å². The second-order valence-corrected chi connectivity index (χ2v) is 24.1. The van der Waals surface area contributed by atoms with Crippen molar-refractivity contribution in [3.8, 4) is 34.5 Å². The number of thiazole rings is 2. The minimum absolute atomic E-state index is 0.0879. The van der Waals surface area contributed by atoms with Crippen LogP contribution in [0.1, 0.15) is 68.3 Å². The molecule has 17 heteroatoms. The van der Waals surface area contributed by atoms with Gasteiger partial charge in [0.2, 0.25) is 0 Å². The minimum Gasteiger partial charge on any atom is -0.508 e. The molecule has 0 saturated carbocycles. The number of aromatic nitrogens is 6. The van der Waals surface area contributed by atoms with Crippen LogP contribution in [0.4, 0.5) is 16.1 Å². The lowest BCUT2D eigenvalue weighted by Gasteiger charge is -2.24. The molecular formula is C78H63N9O6S2. The Morgan fingerprint density at radius 3 is 1.55 bits per heavy atom. The van der Waals surface area contributed by atoms with E-state index in [1.54, 1.807) is 36.9 Å². The monoisotopic (exact) mass is 1290 g/mol. The van der Waals surface area contributed by atoms with Gasteiger partial charge in [-0.3, -0.25) is 15.0 Å². The maximum absolute atomic E-state index is 11.2. The van der Waals surface area contributed by atoms with Crippen molar-refractivity contribution in [3.63, 3.8) is 0 Å². The Morgan fingerprint density at radius 1 is 0.411 bits per heavy atom. The average molecular weight is 1290 g/mol. The quantitative estimate of drug-likeness (QED) is 0.0426. The predicted octanol–water partition coefficient (Wildman–Crippen LogP) is 18.1. The molecule has 0 aliphatic heterocycles. The number of nitrogens with zero attached hydrogens (tertiary/aromatic N) is 6. The lowest BCUT2D eigenvalue weighted by molar-refractivity contribution is 0.302. The molecule has 0 saturated heterocycles. The molecule has 0 fully saturated rings. The second kappa shape index (κ2) is 29.1. The SMILES string of the molecule is Cc1cccc(NC(c2ccccc2OCc2ccccc2)c2ccc3cccnc3c2O)n1.Oc1c(C(Nc2nccs2)c2cccc(OCc3ccccc3)c2)ccc2cccnc12.Oc1ccccc1C(Nc1nc2ccccc2s1)c1ccc2cccnc2c1O. The largest absolute Gasteiger partial charge is 0.508 e. The van der Waals surface area contributed by atoms with Gasteiger partial charge in [0.15, 0.2) is 10.3 Å². The Hall–Kier alpha value is -11.9. The molecule has 0 radical (unpaired) electrons. The maximum Gasteiger partial charge on any atom is 0.184 e. The van der Waals surface area contributed by atoms with E-state index in [1.807, 2.05) is 249 Å². The number of rotatable bonds is 18. The Bertz CT molecular complexity index is 5050. The highest BCUT2D eigenvalue weighted by Crippen LogP contribution is 2.43. The number of hydrogen-bond acceptors (Lipinski definition) is 17. The van der Waals surface area contributed by atoms with Gasteiger partial charge >= 0.3 is 0 Å². The summed E-state index contributed by atoms with van der Waals surface area (Å²) < 4.78 is 13.4. The molecule has 9 aromatic carbocycles. The summed E-state index contributed by atoms with van der Waals surface area (Å²) in [6.07, 6.45) is 6.79. The Morgan fingerprint density at radius 2 is 0.947 bits per heavy atom. The third-order valence-corrected chi connectivity index (χ3v) is 17.5. The summed E-state index contributed by atoms with van der Waals surface area (Å²) in [7, 11) is 0. The van der Waals surface area contributed by atoms with E-state index in [0.717, 1.165) is 76.5 Å². The normalized spacial score (nSPS) is 12.0. The van der Waals surface area contributed by atoms with Crippen molar-refractivity contribution in [1.82, 2.24) is 29.9 Å². The highest BCUT2D eigenvalue weighted by atomic mass is 32.1. The van der Waals surface area contributed by atoms with E-state index in [2.05, 4.69) is 45.9 Å². The van der Waals surface area contributed by atoms with Gasteiger partial charge in [0.1, 0.15) is 70.1 Å². The fraction of sp³-hybridized carbons (Fsp3) is 0.0769. The molecular weight excluding hydrogens is 1220 g/mol. The van der Waals surface area contributed by atoms with Crippen molar-refractivity contribution in [1.29, 1.82) is 0 Å². The van der Waals surface area contributed by atoms with E-state index in [9.17, 15) is 20.4 Å². The number of hydrogen-bond donors (Lipinski definition) is 7. The molecule has 6 aromatic heterocycles. The molecule has 15 nitrogen and oxygen atoms in total. The van der Waals surface area contributed by atoms with Crippen molar-refractivity contribution in [3.05, 3.63) is 329 Å². The van der Waals surface area contributed by atoms with Crippen LogP contribution in [0.2, 0.25) is 0 Å². The molecule has 15 rings (SSSR count). The van der Waals surface area contributed by atoms with Crippen molar-refractivity contribution in [2.45, 2.75) is 38.3 Å². The Labute approximate surface area is 556 Å². The zero-order chi connectivity index (χ0) is 64.9. The zero-order valence-electron chi connectivity index (χ0n) is 51.3. The zero-order valence-corrected chi connectivity index (χ0v) is 52.9. The van der Waals surface area contributed by atoms with Crippen molar-refractivity contribution in [2.75, 3.05) is 16.0 Å². The van der Waals surface area contributed by atoms with Crippen LogP contribution in [-0.2, 0) is 13.2 Å². The first-order valence-corrected chi connectivity index (χ1v) is 32.4. The molecule has 0 aliphatic carbocycles. The fourth-order valence-corrected chi connectivity index (χ4v) is 12.7. The first-order valence-electron chi connectivity index (χ1n) is 30.7. The summed E-state index contributed by atoms with van der Waals surface area (Å²) in [4.78, 5) is 26.8. The number of phenolic OH excluding ortho intramolecular Hbond substituents is 4. The van der Waals surface area contributed by atoms with E-state index >= 15 is 0 Å². The van der Waals surface area contributed by atoms with Gasteiger partial charge in [-0.05, 0) is 90.3 Å². The number of fused-ring (bicyclic) bond motifs is 4. The van der Waals surface area contributed by atoms with Crippen LogP contribution >= 0.6 is 22.7 Å². The molecule has 0 spiro atoms. The molecule has 468 valence electrons. The van der Waals surface area contributed by atoms with Crippen LogP contribution in [0.3, 0.4) is 0 Å². The highest BCUT2D eigenvalue weighted by molar-refractivity contribution is 7.22. The van der Waals surface area contributed by atoms with Crippen LogP contribution in [0.25, 0.3) is 42.9 Å². The highest BCUT2D eigenvalue weighted by Gasteiger charge is 2.27. The second-order valence-electron chi connectivity index (χ2n) is 22.2. The van der Waals surface area contributed by atoms with Gasteiger partial charge in [-0.1, -0.05) is 193 Å². The van der Waals surface area contributed by atoms with E-state index in [0.29, 0.717) is 57.4 Å². The van der Waals surface area contributed by atoms with Gasteiger partial charge in [0.05, 0.1) is 28.3 Å². The first kappa shape index (κ1) is 61.9. The summed E-state index contributed by atoms with van der Waals surface area (Å²) in [5, 5.41) is 60.2. The minimum atomic E-state index is -0.497.